The predicted molar refractivity (Wildman–Crippen MR) is 25.6 cm³/mol. The first-order valence-electron chi connectivity index (χ1n) is 0. The molecule has 0 spiro atoms. The van der Waals surface area contributed by atoms with E-state index in [2.05, 4.69) is 0 Å². The third kappa shape index (κ3) is 9.05. The van der Waals surface area contributed by atoms with Gasteiger partial charge in [-0.25, -0.2) is 0 Å². The zero-order valence-electron chi connectivity index (χ0n) is 0.707. The molecule has 0 bridgehead atoms. The summed E-state index contributed by atoms with van der Waals surface area (Å²) in [6.45, 7) is 0. The van der Waals surface area contributed by atoms with Crippen molar-refractivity contribution in [2.45, 2.75) is 0 Å². The molecule has 0 N–H and O–H groups in total. The fraction of sp³-hybridized carbons (Fsp3) is 0. The Morgan fingerprint density at radius 3 is 0.750 bits per heavy atom. The van der Waals surface area contributed by atoms with E-state index in [-0.39, 0.29) is 103 Å². The van der Waals surface area contributed by atoms with Crippen LogP contribution >= 0.6 is 0 Å². The second kappa shape index (κ2) is 16.1. The molecule has 0 atom stereocenters. The number of rotatable bonds is 0. The maximum atomic E-state index is 0. The first-order valence-corrected chi connectivity index (χ1v) is 0. The average Bonchev–Trinajstić information content (AvgIpc) is 0. The van der Waals surface area contributed by atoms with Crippen LogP contribution in [0.1, 0.15) is 0 Å². The van der Waals surface area contributed by atoms with Crippen LogP contribution in [0.25, 0.3) is 0 Å². The summed E-state index contributed by atoms with van der Waals surface area (Å²) in [5.74, 6) is 0. The van der Waals surface area contributed by atoms with E-state index >= 15 is 0 Å². The van der Waals surface area contributed by atoms with Gasteiger partial charge in [-0.05, 0) is 0 Å². The molecule has 0 unspecified atom stereocenters. The molecule has 0 rings (SSSR count). The van der Waals surface area contributed by atoms with Gasteiger partial charge in [-0.2, -0.15) is 0 Å². The monoisotopic (exact) mass is 158 g/mol. The summed E-state index contributed by atoms with van der Waals surface area (Å²) in [4.78, 5) is 0. The van der Waals surface area contributed by atoms with Gasteiger partial charge in [-0.1, -0.05) is 0 Å². The van der Waals surface area contributed by atoms with Crippen LogP contribution in [-0.2, 0) is 19.5 Å². The van der Waals surface area contributed by atoms with E-state index in [1.807, 2.05) is 0 Å². The van der Waals surface area contributed by atoms with Crippen molar-refractivity contribution >= 4 is 83.8 Å². The maximum absolute atomic E-state index is 0. The smallest absolute Gasteiger partial charge is 0 e. The minimum absolute atomic E-state index is 0. The molecule has 0 aliphatic rings. The summed E-state index contributed by atoms with van der Waals surface area (Å²) < 4.78 is 0. The van der Waals surface area contributed by atoms with Crippen LogP contribution in [0.3, 0.4) is 0 Å². The van der Waals surface area contributed by atoms with Gasteiger partial charge in [0, 0.05) is 19.5 Å². The fourth-order valence-electron chi connectivity index (χ4n) is 0. The Morgan fingerprint density at radius 1 is 0.750 bits per heavy atom. The summed E-state index contributed by atoms with van der Waals surface area (Å²) in [6.07, 6.45) is 0. The van der Waals surface area contributed by atoms with Crippen LogP contribution < -0.4 is 0 Å². The van der Waals surface area contributed by atoms with Crippen LogP contribution in [0.15, 0.2) is 0 Å². The molecule has 0 aromatic heterocycles. The molecule has 0 saturated heterocycles. The van der Waals surface area contributed by atoms with Crippen LogP contribution in [0.2, 0.25) is 0 Å². The standard InChI is InChI=1S/Ca.2Mg.Zn.6H. The van der Waals surface area contributed by atoms with Gasteiger partial charge >= 0.3 is 83.8 Å². The second-order valence-electron chi connectivity index (χ2n) is 0. The predicted octanol–water partition coefficient (Wildman–Crippen LogP) is -2.75. The van der Waals surface area contributed by atoms with Crippen molar-refractivity contribution in [3.63, 3.8) is 0 Å². The van der Waals surface area contributed by atoms with Crippen molar-refractivity contribution < 1.29 is 19.5 Å². The zero-order valence-corrected chi connectivity index (χ0v) is 3.67. The van der Waals surface area contributed by atoms with Gasteiger partial charge < -0.3 is 0 Å². The van der Waals surface area contributed by atoms with Crippen molar-refractivity contribution in [3.05, 3.63) is 0 Å². The molecular weight excluding hydrogens is 154 g/mol. The van der Waals surface area contributed by atoms with Crippen LogP contribution in [0.4, 0.5) is 0 Å². The maximum Gasteiger partial charge on any atom is 0.316 e. The molecule has 14 valence electrons. The molecule has 0 radical (unpaired) electrons. The van der Waals surface area contributed by atoms with Gasteiger partial charge in [0.05, 0.1) is 0 Å². The zero-order chi connectivity index (χ0) is 0. The topological polar surface area (TPSA) is 0 Å². The Bertz CT molecular complexity index is 6.00. The van der Waals surface area contributed by atoms with Crippen LogP contribution in [0, 0.1) is 0 Å². The molecule has 0 aromatic rings. The third-order valence-corrected chi connectivity index (χ3v) is 0. The van der Waals surface area contributed by atoms with E-state index in [0.717, 1.165) is 0 Å². The van der Waals surface area contributed by atoms with Gasteiger partial charge in [0.2, 0.25) is 0 Å². The van der Waals surface area contributed by atoms with E-state index < -0.39 is 0 Å². The van der Waals surface area contributed by atoms with Crippen molar-refractivity contribution in [1.29, 1.82) is 0 Å². The number of hydrogen-bond donors (Lipinski definition) is 0. The normalized spacial score (nSPS) is 0. The molecule has 0 aromatic carbocycles. The minimum atomic E-state index is 0. The number of hydrogen-bond acceptors (Lipinski definition) is 0. The molecule has 0 saturated carbocycles. The van der Waals surface area contributed by atoms with Gasteiger partial charge in [-0.15, -0.1) is 0 Å². The Labute approximate surface area is 101 Å². The van der Waals surface area contributed by atoms with E-state index in [9.17, 15) is 0 Å². The van der Waals surface area contributed by atoms with Gasteiger partial charge in [0.25, 0.3) is 0 Å². The quantitative estimate of drug-likeness (QED) is 0.337. The van der Waals surface area contributed by atoms with Crippen LogP contribution in [-0.4, -0.2) is 83.8 Å². The van der Waals surface area contributed by atoms with E-state index in [4.69, 9.17) is 0 Å². The van der Waals surface area contributed by atoms with Gasteiger partial charge in [0.15, 0.2) is 0 Å². The van der Waals surface area contributed by atoms with E-state index in [1.165, 1.54) is 0 Å². The molecule has 0 amide bonds. The summed E-state index contributed by atoms with van der Waals surface area (Å²) in [5, 5.41) is 0. The molecule has 0 aliphatic carbocycles. The third-order valence-electron chi connectivity index (χ3n) is 0. The second-order valence-corrected chi connectivity index (χ2v) is 0. The molecule has 0 nitrogen and oxygen atoms in total. The first kappa shape index (κ1) is 26.2. The summed E-state index contributed by atoms with van der Waals surface area (Å²) in [7, 11) is 0. The molecule has 4 heavy (non-hydrogen) atoms. The van der Waals surface area contributed by atoms with Gasteiger partial charge in [-0.3, -0.25) is 0 Å². The minimum Gasteiger partial charge on any atom is 0 e. The van der Waals surface area contributed by atoms with E-state index in [0.29, 0.717) is 0 Å². The molecular formula is H6CaMg2Zn. The molecule has 0 fully saturated rings. The summed E-state index contributed by atoms with van der Waals surface area (Å²) in [6, 6.07) is 0. The van der Waals surface area contributed by atoms with Crippen LogP contribution in [0.5, 0.6) is 0 Å². The SMILES string of the molecule is [CaH2].[MgH2].[MgH2].[Zn]. The summed E-state index contributed by atoms with van der Waals surface area (Å²) in [5.41, 5.74) is 0. The Balaban J connectivity index is 0. The van der Waals surface area contributed by atoms with Crippen molar-refractivity contribution in [2.75, 3.05) is 0 Å². The Hall–Kier alpha value is 3.42. The first-order chi connectivity index (χ1) is 0. The van der Waals surface area contributed by atoms with Gasteiger partial charge in [0.1, 0.15) is 0 Å². The Kier molecular flexibility index (Phi) is 105. The summed E-state index contributed by atoms with van der Waals surface area (Å²) >= 11 is 0. The van der Waals surface area contributed by atoms with Crippen molar-refractivity contribution in [1.82, 2.24) is 0 Å². The van der Waals surface area contributed by atoms with Crippen molar-refractivity contribution in [2.24, 2.45) is 0 Å². The average molecular weight is 160 g/mol. The molecule has 0 aliphatic heterocycles. The fourth-order valence-corrected chi connectivity index (χ4v) is 0. The van der Waals surface area contributed by atoms with Crippen molar-refractivity contribution in [3.8, 4) is 0 Å². The Morgan fingerprint density at radius 2 is 0.750 bits per heavy atom. The molecule has 4 heteroatoms. The van der Waals surface area contributed by atoms with E-state index in [1.54, 1.807) is 0 Å². The largest absolute Gasteiger partial charge is 0.316 e. The molecule has 0 heterocycles.